The molecule has 1 aromatic rings. The molecule has 3 nitrogen and oxygen atoms in total. The van der Waals surface area contributed by atoms with Crippen LogP contribution in [0.15, 0.2) is 12.1 Å². The normalized spacial score (nSPS) is 11.8. The molecule has 15 heavy (non-hydrogen) atoms. The molecule has 4 heteroatoms. The van der Waals surface area contributed by atoms with Crippen molar-refractivity contribution >= 4 is 12.9 Å². The fourth-order valence-corrected chi connectivity index (χ4v) is 2.87. The Morgan fingerprint density at radius 1 is 1.13 bits per heavy atom. The molecule has 0 aliphatic heterocycles. The minimum absolute atomic E-state index is 0.187. The molecule has 0 aliphatic carbocycles. The van der Waals surface area contributed by atoms with Crippen molar-refractivity contribution in [1.82, 2.24) is 0 Å². The maximum Gasteiger partial charge on any atom is 0.356 e. The van der Waals surface area contributed by atoms with Gasteiger partial charge in [0.1, 0.15) is 0 Å². The van der Waals surface area contributed by atoms with E-state index in [-0.39, 0.29) is 5.30 Å². The average Bonchev–Trinajstić information content (AvgIpc) is 2.15. The summed E-state index contributed by atoms with van der Waals surface area (Å²) in [6.07, 6.45) is 1.47. The van der Waals surface area contributed by atoms with E-state index in [2.05, 4.69) is 0 Å². The van der Waals surface area contributed by atoms with Crippen LogP contribution in [0.1, 0.15) is 30.5 Å². The van der Waals surface area contributed by atoms with E-state index in [0.29, 0.717) is 6.42 Å². The Morgan fingerprint density at radius 3 is 2.07 bits per heavy atom. The largest absolute Gasteiger partial charge is 0.356 e. The molecule has 0 heterocycles. The maximum absolute atomic E-state index is 11.3. The summed E-state index contributed by atoms with van der Waals surface area (Å²) in [4.78, 5) is 18.4. The predicted octanol–water partition coefficient (Wildman–Crippen LogP) is 1.92. The summed E-state index contributed by atoms with van der Waals surface area (Å²) in [6, 6.07) is 3.33. The molecule has 2 N–H and O–H groups in total. The highest BCUT2D eigenvalue weighted by Gasteiger charge is 2.22. The van der Waals surface area contributed by atoms with Gasteiger partial charge in [0.15, 0.2) is 0 Å². The minimum Gasteiger partial charge on any atom is -0.321 e. The van der Waals surface area contributed by atoms with Crippen LogP contribution in [0.2, 0.25) is 0 Å². The maximum atomic E-state index is 11.3. The first-order valence-corrected chi connectivity index (χ1v) is 6.70. The standard InChI is InChI=1S/C11H17O3P/c1-4-9-8(3)6-7-11(10(9)5-2)15(12,13)14/h6-7H,4-5H2,1-3H3,(H2,12,13,14). The quantitative estimate of drug-likeness (QED) is 0.777. The number of hydrogen-bond acceptors (Lipinski definition) is 1. The number of aryl methyl sites for hydroxylation is 1. The molecule has 0 unspecified atom stereocenters. The second-order valence-electron chi connectivity index (χ2n) is 3.61. The molecule has 1 rings (SSSR count). The molecule has 1 aromatic carbocycles. The van der Waals surface area contributed by atoms with Gasteiger partial charge < -0.3 is 9.79 Å². The van der Waals surface area contributed by atoms with Crippen molar-refractivity contribution in [3.05, 3.63) is 28.8 Å². The molecule has 0 aromatic heterocycles. The Hall–Kier alpha value is -0.630. The average molecular weight is 228 g/mol. The van der Waals surface area contributed by atoms with E-state index < -0.39 is 7.60 Å². The van der Waals surface area contributed by atoms with E-state index in [1.54, 1.807) is 12.1 Å². The monoisotopic (exact) mass is 228 g/mol. The molecular weight excluding hydrogens is 211 g/mol. The van der Waals surface area contributed by atoms with Gasteiger partial charge >= 0.3 is 7.60 Å². The van der Waals surface area contributed by atoms with Gasteiger partial charge in [-0.2, -0.15) is 0 Å². The summed E-state index contributed by atoms with van der Waals surface area (Å²) >= 11 is 0. The Labute approximate surface area is 90.3 Å². The van der Waals surface area contributed by atoms with Crippen molar-refractivity contribution in [2.45, 2.75) is 33.6 Å². The molecule has 0 spiro atoms. The number of hydrogen-bond donors (Lipinski definition) is 2. The van der Waals surface area contributed by atoms with Gasteiger partial charge in [-0.3, -0.25) is 4.57 Å². The molecule has 0 bridgehead atoms. The first kappa shape index (κ1) is 12.4. The highest BCUT2D eigenvalue weighted by atomic mass is 31.2. The molecule has 84 valence electrons. The summed E-state index contributed by atoms with van der Waals surface area (Å²) in [5, 5.41) is 0.187. The summed E-state index contributed by atoms with van der Waals surface area (Å²) in [5.74, 6) is 0. The summed E-state index contributed by atoms with van der Waals surface area (Å²) in [5.41, 5.74) is 2.98. The van der Waals surface area contributed by atoms with Gasteiger partial charge in [-0.15, -0.1) is 0 Å². The van der Waals surface area contributed by atoms with Gasteiger partial charge in [-0.05, 0) is 42.5 Å². The lowest BCUT2D eigenvalue weighted by Gasteiger charge is -2.15. The van der Waals surface area contributed by atoms with Gasteiger partial charge in [-0.25, -0.2) is 0 Å². The van der Waals surface area contributed by atoms with E-state index in [1.807, 2.05) is 20.8 Å². The van der Waals surface area contributed by atoms with Crippen molar-refractivity contribution in [2.24, 2.45) is 0 Å². The Kier molecular flexibility index (Phi) is 3.72. The summed E-state index contributed by atoms with van der Waals surface area (Å²) in [7, 11) is -4.13. The van der Waals surface area contributed by atoms with Gasteiger partial charge in [-0.1, -0.05) is 19.9 Å². The summed E-state index contributed by atoms with van der Waals surface area (Å²) < 4.78 is 11.3. The fourth-order valence-electron chi connectivity index (χ4n) is 1.96. The Morgan fingerprint density at radius 2 is 1.67 bits per heavy atom. The highest BCUT2D eigenvalue weighted by Crippen LogP contribution is 2.36. The zero-order valence-electron chi connectivity index (χ0n) is 9.32. The first-order valence-electron chi connectivity index (χ1n) is 5.09. The van der Waals surface area contributed by atoms with Crippen LogP contribution in [0.5, 0.6) is 0 Å². The lowest BCUT2D eigenvalue weighted by molar-refractivity contribution is 0.387. The second kappa shape index (κ2) is 4.48. The van der Waals surface area contributed by atoms with Crippen molar-refractivity contribution < 1.29 is 14.4 Å². The lowest BCUT2D eigenvalue weighted by Crippen LogP contribution is -2.14. The fraction of sp³-hybridized carbons (Fsp3) is 0.455. The third-order valence-corrected chi connectivity index (χ3v) is 3.71. The zero-order chi connectivity index (χ0) is 11.6. The van der Waals surface area contributed by atoms with E-state index in [1.165, 1.54) is 0 Å². The third kappa shape index (κ3) is 2.49. The first-order chi connectivity index (χ1) is 6.91. The zero-order valence-corrected chi connectivity index (χ0v) is 10.2. The number of rotatable bonds is 3. The lowest BCUT2D eigenvalue weighted by atomic mass is 9.98. The van der Waals surface area contributed by atoms with Crippen molar-refractivity contribution in [1.29, 1.82) is 0 Å². The smallest absolute Gasteiger partial charge is 0.321 e. The van der Waals surface area contributed by atoms with Crippen LogP contribution in [0.25, 0.3) is 0 Å². The molecule has 0 aliphatic rings. The molecule has 0 fully saturated rings. The Balaban J connectivity index is 3.49. The van der Waals surface area contributed by atoms with Crippen LogP contribution < -0.4 is 5.30 Å². The van der Waals surface area contributed by atoms with E-state index in [0.717, 1.165) is 23.1 Å². The second-order valence-corrected chi connectivity index (χ2v) is 5.18. The minimum atomic E-state index is -4.13. The van der Waals surface area contributed by atoms with Gasteiger partial charge in [0.2, 0.25) is 0 Å². The summed E-state index contributed by atoms with van der Waals surface area (Å²) in [6.45, 7) is 5.90. The van der Waals surface area contributed by atoms with E-state index >= 15 is 0 Å². The topological polar surface area (TPSA) is 57.5 Å². The third-order valence-electron chi connectivity index (χ3n) is 2.66. The van der Waals surface area contributed by atoms with E-state index in [9.17, 15) is 14.4 Å². The predicted molar refractivity (Wildman–Crippen MR) is 61.6 cm³/mol. The highest BCUT2D eigenvalue weighted by molar-refractivity contribution is 7.60. The van der Waals surface area contributed by atoms with Crippen LogP contribution in [0.3, 0.4) is 0 Å². The molecule has 0 saturated heterocycles. The van der Waals surface area contributed by atoms with Gasteiger partial charge in [0, 0.05) is 0 Å². The molecule has 0 saturated carbocycles. The van der Waals surface area contributed by atoms with Crippen molar-refractivity contribution in [2.75, 3.05) is 0 Å². The van der Waals surface area contributed by atoms with Crippen LogP contribution in [0, 0.1) is 6.92 Å². The molecule has 0 atom stereocenters. The SMILES string of the molecule is CCc1c(C)ccc(P(=O)(O)O)c1CC. The molecule has 0 amide bonds. The van der Waals surface area contributed by atoms with Crippen molar-refractivity contribution in [3.63, 3.8) is 0 Å². The molecular formula is C11H17O3P. The van der Waals surface area contributed by atoms with Crippen LogP contribution in [-0.4, -0.2) is 9.79 Å². The van der Waals surface area contributed by atoms with E-state index in [4.69, 9.17) is 0 Å². The van der Waals surface area contributed by atoms with Gasteiger partial charge in [0.05, 0.1) is 5.30 Å². The van der Waals surface area contributed by atoms with Crippen molar-refractivity contribution in [3.8, 4) is 0 Å². The number of benzene rings is 1. The molecule has 0 radical (unpaired) electrons. The van der Waals surface area contributed by atoms with Crippen LogP contribution >= 0.6 is 7.60 Å². The Bertz CT molecular complexity index is 407. The van der Waals surface area contributed by atoms with Crippen LogP contribution in [-0.2, 0) is 17.4 Å². The van der Waals surface area contributed by atoms with Gasteiger partial charge in [0.25, 0.3) is 0 Å². The van der Waals surface area contributed by atoms with Crippen LogP contribution in [0.4, 0.5) is 0 Å².